The first-order valence-corrected chi connectivity index (χ1v) is 16.6. The number of aliphatic hydroxyl groups excluding tert-OH is 1. The minimum absolute atomic E-state index is 0.00944. The monoisotopic (exact) mass is 643 g/mol. The number of anilines is 1. The summed E-state index contributed by atoms with van der Waals surface area (Å²) in [7, 11) is 1.79. The SMILES string of the molecule is C[C@@H]1CCCCO[C@@H](CN(C)C(=O)Cc2ccccc2)[C@H](C)CN([C@H](C)CO)C(=O)c2cc(NC(=O)Cc3ccccc3)ccc2O1. The fraction of sp³-hybridized carbons (Fsp3) is 0.447. The number of carbonyl (C=O) groups excluding carboxylic acids is 3. The Morgan fingerprint density at radius 1 is 0.979 bits per heavy atom. The molecule has 4 atom stereocenters. The molecule has 1 aliphatic rings. The molecule has 2 N–H and O–H groups in total. The lowest BCUT2D eigenvalue weighted by Crippen LogP contribution is -2.48. The summed E-state index contributed by atoms with van der Waals surface area (Å²) in [5.74, 6) is -0.254. The molecular formula is C38H49N3O6. The predicted molar refractivity (Wildman–Crippen MR) is 183 cm³/mol. The molecule has 47 heavy (non-hydrogen) atoms. The number of ether oxygens (including phenoxy) is 2. The number of fused-ring (bicyclic) bond motifs is 1. The van der Waals surface area contributed by atoms with Crippen LogP contribution in [-0.4, -0.2) is 84.2 Å². The smallest absolute Gasteiger partial charge is 0.258 e. The van der Waals surface area contributed by atoms with E-state index in [9.17, 15) is 19.5 Å². The molecule has 0 aromatic heterocycles. The van der Waals surface area contributed by atoms with Crippen LogP contribution in [0.15, 0.2) is 78.9 Å². The van der Waals surface area contributed by atoms with Gasteiger partial charge in [-0.2, -0.15) is 0 Å². The van der Waals surface area contributed by atoms with Gasteiger partial charge in [0, 0.05) is 38.3 Å². The number of hydrogen-bond donors (Lipinski definition) is 2. The molecule has 3 amide bonds. The van der Waals surface area contributed by atoms with Crippen LogP contribution >= 0.6 is 0 Å². The van der Waals surface area contributed by atoms with E-state index in [-0.39, 0.29) is 55.4 Å². The molecule has 0 unspecified atom stereocenters. The second-order valence-electron chi connectivity index (χ2n) is 12.7. The molecule has 4 rings (SSSR count). The van der Waals surface area contributed by atoms with Crippen molar-refractivity contribution in [3.8, 4) is 5.75 Å². The van der Waals surface area contributed by atoms with E-state index < -0.39 is 6.04 Å². The summed E-state index contributed by atoms with van der Waals surface area (Å²) >= 11 is 0. The van der Waals surface area contributed by atoms with Crippen molar-refractivity contribution >= 4 is 23.4 Å². The third-order valence-corrected chi connectivity index (χ3v) is 8.62. The summed E-state index contributed by atoms with van der Waals surface area (Å²) < 4.78 is 12.7. The number of carbonyl (C=O) groups is 3. The highest BCUT2D eigenvalue weighted by Crippen LogP contribution is 2.28. The summed E-state index contributed by atoms with van der Waals surface area (Å²) in [6.45, 7) is 6.72. The molecule has 0 bridgehead atoms. The van der Waals surface area contributed by atoms with Gasteiger partial charge in [-0.1, -0.05) is 67.6 Å². The van der Waals surface area contributed by atoms with Crippen LogP contribution in [0.25, 0.3) is 0 Å². The van der Waals surface area contributed by atoms with Crippen LogP contribution in [0.1, 0.15) is 61.5 Å². The first kappa shape index (κ1) is 35.6. The average molecular weight is 644 g/mol. The Hall–Kier alpha value is -4.21. The van der Waals surface area contributed by atoms with E-state index in [1.165, 1.54) is 0 Å². The topological polar surface area (TPSA) is 108 Å². The van der Waals surface area contributed by atoms with E-state index in [4.69, 9.17) is 9.47 Å². The molecule has 0 aliphatic carbocycles. The van der Waals surface area contributed by atoms with Gasteiger partial charge >= 0.3 is 0 Å². The third-order valence-electron chi connectivity index (χ3n) is 8.62. The van der Waals surface area contributed by atoms with Gasteiger partial charge in [0.25, 0.3) is 5.91 Å². The highest BCUT2D eigenvalue weighted by Gasteiger charge is 2.31. The zero-order valence-corrected chi connectivity index (χ0v) is 28.1. The molecule has 0 saturated carbocycles. The van der Waals surface area contributed by atoms with Gasteiger partial charge < -0.3 is 29.7 Å². The van der Waals surface area contributed by atoms with E-state index in [2.05, 4.69) is 5.32 Å². The molecule has 9 heteroatoms. The Labute approximate surface area is 278 Å². The van der Waals surface area contributed by atoms with Gasteiger partial charge in [-0.25, -0.2) is 0 Å². The standard InChI is InChI=1S/C38H49N3O6/c1-27-24-41(28(2)26-42)38(45)33-23-32(39-36(43)21-30-14-7-5-8-15-30)18-19-34(33)47-29(3)13-11-12-20-46-35(27)25-40(4)37(44)22-31-16-9-6-10-17-31/h5-10,14-19,23,27-29,35,42H,11-13,20-22,24-26H2,1-4H3,(H,39,43)/t27-,28-,29-,35+/m1/s1. The molecular weight excluding hydrogens is 594 g/mol. The third kappa shape index (κ3) is 10.7. The largest absolute Gasteiger partial charge is 0.490 e. The zero-order valence-electron chi connectivity index (χ0n) is 28.1. The van der Waals surface area contributed by atoms with Gasteiger partial charge in [-0.15, -0.1) is 0 Å². The minimum Gasteiger partial charge on any atom is -0.490 e. The number of benzene rings is 3. The maximum absolute atomic E-state index is 14.3. The molecule has 0 saturated heterocycles. The van der Waals surface area contributed by atoms with Gasteiger partial charge in [0.1, 0.15) is 5.75 Å². The fourth-order valence-electron chi connectivity index (χ4n) is 5.73. The second kappa shape index (κ2) is 17.6. The van der Waals surface area contributed by atoms with Gasteiger partial charge in [0.05, 0.1) is 43.3 Å². The molecule has 0 fully saturated rings. The van der Waals surface area contributed by atoms with Gasteiger partial charge in [-0.05, 0) is 62.4 Å². The van der Waals surface area contributed by atoms with Crippen LogP contribution in [0.2, 0.25) is 0 Å². The van der Waals surface area contributed by atoms with E-state index in [0.717, 1.165) is 30.4 Å². The molecule has 9 nitrogen and oxygen atoms in total. The summed E-state index contributed by atoms with van der Waals surface area (Å²) in [6.07, 6.45) is 2.46. The van der Waals surface area contributed by atoms with Crippen molar-refractivity contribution in [1.29, 1.82) is 0 Å². The highest BCUT2D eigenvalue weighted by atomic mass is 16.5. The molecule has 1 heterocycles. The van der Waals surface area contributed by atoms with Crippen molar-refractivity contribution < 1.29 is 29.0 Å². The molecule has 0 radical (unpaired) electrons. The lowest BCUT2D eigenvalue weighted by Gasteiger charge is -2.36. The van der Waals surface area contributed by atoms with Crippen molar-refractivity contribution in [1.82, 2.24) is 9.80 Å². The Bertz CT molecular complexity index is 1450. The van der Waals surface area contributed by atoms with Crippen LogP contribution in [-0.2, 0) is 27.2 Å². The van der Waals surface area contributed by atoms with Crippen molar-refractivity contribution in [2.24, 2.45) is 5.92 Å². The van der Waals surface area contributed by atoms with E-state index in [1.807, 2.05) is 74.5 Å². The number of rotatable bonds is 9. The number of nitrogens with one attached hydrogen (secondary N) is 1. The first-order valence-electron chi connectivity index (χ1n) is 16.6. The predicted octanol–water partition coefficient (Wildman–Crippen LogP) is 5.36. The molecule has 252 valence electrons. The number of amides is 3. The number of hydrogen-bond acceptors (Lipinski definition) is 6. The van der Waals surface area contributed by atoms with Crippen LogP contribution in [0.4, 0.5) is 5.69 Å². The minimum atomic E-state index is -0.502. The Kier molecular flexibility index (Phi) is 13.4. The molecule has 0 spiro atoms. The average Bonchev–Trinajstić information content (AvgIpc) is 3.06. The van der Waals surface area contributed by atoms with Gasteiger partial charge in [0.15, 0.2) is 0 Å². The Morgan fingerprint density at radius 3 is 2.30 bits per heavy atom. The molecule has 3 aromatic rings. The maximum atomic E-state index is 14.3. The second-order valence-corrected chi connectivity index (χ2v) is 12.7. The highest BCUT2D eigenvalue weighted by molar-refractivity contribution is 6.00. The normalized spacial score (nSPS) is 19.9. The quantitative estimate of drug-likeness (QED) is 0.325. The van der Waals surface area contributed by atoms with E-state index in [1.54, 1.807) is 42.0 Å². The Morgan fingerprint density at radius 2 is 1.64 bits per heavy atom. The van der Waals surface area contributed by atoms with Crippen molar-refractivity contribution in [2.75, 3.05) is 38.7 Å². The number of nitrogens with zero attached hydrogens (tertiary/aromatic N) is 2. The summed E-state index contributed by atoms with van der Waals surface area (Å²) in [6, 6.07) is 23.8. The lowest BCUT2D eigenvalue weighted by molar-refractivity contribution is -0.131. The Balaban J connectivity index is 1.58. The van der Waals surface area contributed by atoms with Crippen molar-refractivity contribution in [2.45, 2.75) is 71.1 Å². The molecule has 1 aliphatic heterocycles. The zero-order chi connectivity index (χ0) is 33.8. The van der Waals surface area contributed by atoms with Gasteiger partial charge in [-0.3, -0.25) is 14.4 Å². The summed E-state index contributed by atoms with van der Waals surface area (Å²) in [5, 5.41) is 13.2. The van der Waals surface area contributed by atoms with Crippen LogP contribution in [0.3, 0.4) is 0 Å². The van der Waals surface area contributed by atoms with Crippen molar-refractivity contribution in [3.05, 3.63) is 95.6 Å². The maximum Gasteiger partial charge on any atom is 0.258 e. The van der Waals surface area contributed by atoms with Crippen LogP contribution < -0.4 is 10.1 Å². The first-order chi connectivity index (χ1) is 22.6. The summed E-state index contributed by atoms with van der Waals surface area (Å²) in [4.78, 5) is 43.7. The molecule has 3 aromatic carbocycles. The van der Waals surface area contributed by atoms with Crippen molar-refractivity contribution in [3.63, 3.8) is 0 Å². The van der Waals surface area contributed by atoms with Gasteiger partial charge in [0.2, 0.25) is 11.8 Å². The van der Waals surface area contributed by atoms with E-state index >= 15 is 0 Å². The fourth-order valence-corrected chi connectivity index (χ4v) is 5.73. The lowest BCUT2D eigenvalue weighted by atomic mass is 10.0. The summed E-state index contributed by atoms with van der Waals surface area (Å²) in [5.41, 5.74) is 2.63. The number of aliphatic hydroxyl groups is 1. The van der Waals surface area contributed by atoms with E-state index in [0.29, 0.717) is 36.6 Å². The number of likely N-dealkylation sites (N-methyl/N-ethyl adjacent to an activating group) is 1. The van der Waals surface area contributed by atoms with Crippen LogP contribution in [0.5, 0.6) is 5.75 Å². The van der Waals surface area contributed by atoms with Crippen LogP contribution in [0, 0.1) is 5.92 Å².